The van der Waals surface area contributed by atoms with Crippen LogP contribution < -0.4 is 0 Å². The number of imidazole rings is 2. The Labute approximate surface area is 104 Å². The van der Waals surface area contributed by atoms with Gasteiger partial charge in [-0.15, -0.1) is 0 Å². The molecule has 0 saturated carbocycles. The van der Waals surface area contributed by atoms with Gasteiger partial charge in [0.15, 0.2) is 24.2 Å². The van der Waals surface area contributed by atoms with Crippen molar-refractivity contribution < 1.29 is 9.59 Å². The van der Waals surface area contributed by atoms with Gasteiger partial charge in [0, 0.05) is 37.9 Å². The van der Waals surface area contributed by atoms with Crippen molar-refractivity contribution in [1.29, 1.82) is 0 Å². The fourth-order valence-electron chi connectivity index (χ4n) is 1.82. The van der Waals surface area contributed by atoms with Crippen LogP contribution in [0.4, 0.5) is 0 Å². The fourth-order valence-corrected chi connectivity index (χ4v) is 1.82. The third kappa shape index (κ3) is 2.71. The van der Waals surface area contributed by atoms with Gasteiger partial charge in [0.05, 0.1) is 0 Å². The van der Waals surface area contributed by atoms with Crippen molar-refractivity contribution in [3.63, 3.8) is 0 Å². The monoisotopic (exact) mass is 246 g/mol. The topological polar surface area (TPSA) is 69.8 Å². The molecule has 2 rings (SSSR count). The number of hydrogen-bond donors (Lipinski definition) is 0. The highest BCUT2D eigenvalue weighted by Crippen LogP contribution is 2.03. The van der Waals surface area contributed by atoms with E-state index in [1.807, 2.05) is 9.13 Å². The zero-order chi connectivity index (χ0) is 12.8. The normalized spacial score (nSPS) is 10.4. The summed E-state index contributed by atoms with van der Waals surface area (Å²) in [7, 11) is 0. The lowest BCUT2D eigenvalue weighted by Gasteiger charge is -2.06. The SMILES string of the molecule is O=Cc1nccn1CCCCn1ccnc1C=O. The summed E-state index contributed by atoms with van der Waals surface area (Å²) in [6.45, 7) is 1.50. The van der Waals surface area contributed by atoms with Crippen LogP contribution in [0.5, 0.6) is 0 Å². The largest absolute Gasteiger partial charge is 0.329 e. The van der Waals surface area contributed by atoms with Gasteiger partial charge in [-0.25, -0.2) is 9.97 Å². The predicted octanol–water partition coefficient (Wildman–Crippen LogP) is 1.18. The van der Waals surface area contributed by atoms with Gasteiger partial charge in [-0.3, -0.25) is 9.59 Å². The maximum atomic E-state index is 10.7. The average Bonchev–Trinajstić information content (AvgIpc) is 3.02. The quantitative estimate of drug-likeness (QED) is 0.543. The summed E-state index contributed by atoms with van der Waals surface area (Å²) < 4.78 is 3.64. The lowest BCUT2D eigenvalue weighted by Crippen LogP contribution is -2.05. The second-order valence-corrected chi connectivity index (χ2v) is 3.90. The predicted molar refractivity (Wildman–Crippen MR) is 64.5 cm³/mol. The maximum Gasteiger partial charge on any atom is 0.185 e. The Kier molecular flexibility index (Phi) is 4.01. The van der Waals surface area contributed by atoms with Crippen LogP contribution in [0.2, 0.25) is 0 Å². The summed E-state index contributed by atoms with van der Waals surface area (Å²) in [6, 6.07) is 0. The minimum atomic E-state index is 0.450. The second-order valence-electron chi connectivity index (χ2n) is 3.90. The zero-order valence-corrected chi connectivity index (χ0v) is 9.90. The van der Waals surface area contributed by atoms with E-state index in [1.165, 1.54) is 0 Å². The van der Waals surface area contributed by atoms with Crippen molar-refractivity contribution in [3.8, 4) is 0 Å². The lowest BCUT2D eigenvalue weighted by molar-refractivity contribution is 0.110. The molecule has 0 radical (unpaired) electrons. The molecule has 0 aliphatic rings. The Bertz CT molecular complexity index is 481. The van der Waals surface area contributed by atoms with Gasteiger partial charge in [0.1, 0.15) is 0 Å². The molecule has 2 heterocycles. The van der Waals surface area contributed by atoms with Crippen molar-refractivity contribution in [3.05, 3.63) is 36.4 Å². The number of carbonyl (C=O) groups excluding carboxylic acids is 2. The highest BCUT2D eigenvalue weighted by atomic mass is 16.1. The first-order valence-electron chi connectivity index (χ1n) is 5.78. The molecule has 0 fully saturated rings. The van der Waals surface area contributed by atoms with E-state index in [-0.39, 0.29) is 0 Å². The number of rotatable bonds is 7. The van der Waals surface area contributed by atoms with Gasteiger partial charge in [0.2, 0.25) is 0 Å². The van der Waals surface area contributed by atoms with Crippen LogP contribution in [0.15, 0.2) is 24.8 Å². The van der Waals surface area contributed by atoms with E-state index in [2.05, 4.69) is 9.97 Å². The van der Waals surface area contributed by atoms with Crippen LogP contribution in [0.1, 0.15) is 34.1 Å². The standard InChI is InChI=1S/C12H14N4O2/c17-9-11-13-3-7-15(11)5-1-2-6-16-8-4-14-12(16)10-18/h3-4,7-10H,1-2,5-6H2. The molecule has 0 unspecified atom stereocenters. The van der Waals surface area contributed by atoms with E-state index in [0.29, 0.717) is 11.6 Å². The van der Waals surface area contributed by atoms with Gasteiger partial charge in [-0.05, 0) is 12.8 Å². The fraction of sp³-hybridized carbons (Fsp3) is 0.333. The van der Waals surface area contributed by atoms with Crippen LogP contribution >= 0.6 is 0 Å². The summed E-state index contributed by atoms with van der Waals surface area (Å²) >= 11 is 0. The minimum absolute atomic E-state index is 0.450. The Morgan fingerprint density at radius 2 is 1.33 bits per heavy atom. The van der Waals surface area contributed by atoms with Crippen molar-refractivity contribution >= 4 is 12.6 Å². The van der Waals surface area contributed by atoms with Gasteiger partial charge in [-0.2, -0.15) is 0 Å². The molecule has 0 aromatic carbocycles. The Balaban J connectivity index is 1.80. The molecule has 0 amide bonds. The van der Waals surface area contributed by atoms with Crippen LogP contribution in [0.25, 0.3) is 0 Å². The number of unbranched alkanes of at least 4 members (excludes halogenated alkanes) is 1. The zero-order valence-electron chi connectivity index (χ0n) is 9.90. The molecular formula is C12H14N4O2. The summed E-state index contributed by atoms with van der Waals surface area (Å²) in [4.78, 5) is 29.2. The van der Waals surface area contributed by atoms with E-state index < -0.39 is 0 Å². The molecule has 0 saturated heterocycles. The summed E-state index contributed by atoms with van der Waals surface area (Å²) in [5.74, 6) is 0.900. The highest BCUT2D eigenvalue weighted by Gasteiger charge is 2.02. The number of nitrogens with zero attached hydrogens (tertiary/aromatic N) is 4. The number of aryl methyl sites for hydroxylation is 2. The average molecular weight is 246 g/mol. The molecular weight excluding hydrogens is 232 g/mol. The van der Waals surface area contributed by atoms with Crippen molar-refractivity contribution in [2.45, 2.75) is 25.9 Å². The van der Waals surface area contributed by atoms with E-state index in [0.717, 1.165) is 38.5 Å². The molecule has 2 aromatic heterocycles. The lowest BCUT2D eigenvalue weighted by atomic mass is 10.3. The number of hydrogen-bond acceptors (Lipinski definition) is 4. The molecule has 0 spiro atoms. The Morgan fingerprint density at radius 1 is 0.889 bits per heavy atom. The van der Waals surface area contributed by atoms with Crippen molar-refractivity contribution in [1.82, 2.24) is 19.1 Å². The highest BCUT2D eigenvalue weighted by molar-refractivity contribution is 5.69. The van der Waals surface area contributed by atoms with Gasteiger partial charge >= 0.3 is 0 Å². The molecule has 18 heavy (non-hydrogen) atoms. The molecule has 6 nitrogen and oxygen atoms in total. The maximum absolute atomic E-state index is 10.7. The molecule has 2 aromatic rings. The number of aldehydes is 2. The van der Waals surface area contributed by atoms with Crippen molar-refractivity contribution in [2.24, 2.45) is 0 Å². The third-order valence-electron chi connectivity index (χ3n) is 2.75. The summed E-state index contributed by atoms with van der Waals surface area (Å²) in [6.07, 6.45) is 10.1. The van der Waals surface area contributed by atoms with E-state index in [9.17, 15) is 9.59 Å². The van der Waals surface area contributed by atoms with E-state index in [4.69, 9.17) is 0 Å². The summed E-state index contributed by atoms with van der Waals surface area (Å²) in [5.41, 5.74) is 0. The molecule has 6 heteroatoms. The van der Waals surface area contributed by atoms with Crippen LogP contribution in [0, 0.1) is 0 Å². The first-order valence-corrected chi connectivity index (χ1v) is 5.78. The number of aromatic nitrogens is 4. The Hall–Kier alpha value is -2.24. The first kappa shape index (κ1) is 12.2. The van der Waals surface area contributed by atoms with Crippen LogP contribution in [-0.4, -0.2) is 31.7 Å². The second kappa shape index (κ2) is 5.90. The third-order valence-corrected chi connectivity index (χ3v) is 2.75. The van der Waals surface area contributed by atoms with Crippen LogP contribution in [0.3, 0.4) is 0 Å². The van der Waals surface area contributed by atoms with Gasteiger partial charge in [0.25, 0.3) is 0 Å². The molecule has 0 atom stereocenters. The molecule has 0 aliphatic heterocycles. The molecule has 0 aliphatic carbocycles. The molecule has 0 N–H and O–H groups in total. The number of carbonyl (C=O) groups is 2. The molecule has 0 bridgehead atoms. The van der Waals surface area contributed by atoms with E-state index >= 15 is 0 Å². The van der Waals surface area contributed by atoms with E-state index in [1.54, 1.807) is 24.8 Å². The smallest absolute Gasteiger partial charge is 0.185 e. The van der Waals surface area contributed by atoms with Gasteiger partial charge in [-0.1, -0.05) is 0 Å². The van der Waals surface area contributed by atoms with Crippen molar-refractivity contribution in [2.75, 3.05) is 0 Å². The minimum Gasteiger partial charge on any atom is -0.329 e. The molecule has 94 valence electrons. The van der Waals surface area contributed by atoms with Gasteiger partial charge < -0.3 is 9.13 Å². The first-order chi connectivity index (χ1) is 8.85. The van der Waals surface area contributed by atoms with Crippen LogP contribution in [-0.2, 0) is 13.1 Å². The Morgan fingerprint density at radius 3 is 1.72 bits per heavy atom. The summed E-state index contributed by atoms with van der Waals surface area (Å²) in [5, 5.41) is 0.